The van der Waals surface area contributed by atoms with E-state index in [9.17, 15) is 4.79 Å². The monoisotopic (exact) mass is 453 g/mol. The Morgan fingerprint density at radius 3 is 2.64 bits per heavy atom. The Morgan fingerprint density at radius 1 is 1.07 bits per heavy atom. The summed E-state index contributed by atoms with van der Waals surface area (Å²) in [4.78, 5) is 23.8. The number of thiazole rings is 1. The lowest BCUT2D eigenvalue weighted by atomic mass is 10.2. The van der Waals surface area contributed by atoms with Gasteiger partial charge in [-0.15, -0.1) is 11.3 Å². The van der Waals surface area contributed by atoms with Gasteiger partial charge in [0.05, 0.1) is 30.6 Å². The SMILES string of the molecule is O=C(Cc1csc(-c2ccco2)n1)N(Cc1ccccn1)c1ccc(Br)cc1. The van der Waals surface area contributed by atoms with Crippen LogP contribution >= 0.6 is 27.3 Å². The normalized spacial score (nSPS) is 10.8. The Kier molecular flexibility index (Phi) is 5.64. The molecule has 0 N–H and O–H groups in total. The highest BCUT2D eigenvalue weighted by atomic mass is 79.9. The van der Waals surface area contributed by atoms with Crippen molar-refractivity contribution in [1.82, 2.24) is 9.97 Å². The van der Waals surface area contributed by atoms with Gasteiger partial charge in [-0.2, -0.15) is 0 Å². The second-order valence-corrected chi connectivity index (χ2v) is 7.85. The first-order valence-corrected chi connectivity index (χ1v) is 10.3. The molecule has 0 saturated heterocycles. The molecule has 0 saturated carbocycles. The first-order valence-electron chi connectivity index (χ1n) is 8.63. The summed E-state index contributed by atoms with van der Waals surface area (Å²) in [6, 6.07) is 17.1. The molecule has 4 rings (SSSR count). The topological polar surface area (TPSA) is 59.2 Å². The maximum atomic E-state index is 13.1. The number of hydrogen-bond donors (Lipinski definition) is 0. The molecule has 5 nitrogen and oxygen atoms in total. The summed E-state index contributed by atoms with van der Waals surface area (Å²) in [5, 5.41) is 2.67. The van der Waals surface area contributed by atoms with Crippen LogP contribution in [0.4, 0.5) is 5.69 Å². The van der Waals surface area contributed by atoms with Gasteiger partial charge in [0.1, 0.15) is 0 Å². The summed E-state index contributed by atoms with van der Waals surface area (Å²) in [5.74, 6) is 0.672. The maximum absolute atomic E-state index is 13.1. The molecule has 0 aliphatic heterocycles. The lowest BCUT2D eigenvalue weighted by Crippen LogP contribution is -2.32. The van der Waals surface area contributed by atoms with Crippen LogP contribution in [0.15, 0.2) is 81.3 Å². The third-order valence-electron chi connectivity index (χ3n) is 4.10. The molecule has 0 atom stereocenters. The number of carbonyl (C=O) groups is 1. The van der Waals surface area contributed by atoms with E-state index in [1.165, 1.54) is 11.3 Å². The molecule has 3 aromatic heterocycles. The average molecular weight is 454 g/mol. The number of halogens is 1. The van der Waals surface area contributed by atoms with Gasteiger partial charge in [-0.1, -0.05) is 22.0 Å². The molecular weight excluding hydrogens is 438 g/mol. The second kappa shape index (κ2) is 8.50. The van der Waals surface area contributed by atoms with Crippen LogP contribution in [0.25, 0.3) is 10.8 Å². The van der Waals surface area contributed by atoms with E-state index >= 15 is 0 Å². The number of benzene rings is 1. The summed E-state index contributed by atoms with van der Waals surface area (Å²) in [7, 11) is 0. The molecule has 0 fully saturated rings. The predicted molar refractivity (Wildman–Crippen MR) is 113 cm³/mol. The molecule has 0 bridgehead atoms. The molecular formula is C21H16BrN3O2S. The standard InChI is InChI=1S/C21H16BrN3O2S/c22-15-6-8-18(9-7-15)25(13-16-4-1-2-10-23-16)20(26)12-17-14-28-21(24-17)19-5-3-11-27-19/h1-11,14H,12-13H2. The molecule has 0 spiro atoms. The van der Waals surface area contributed by atoms with Gasteiger partial charge >= 0.3 is 0 Å². The summed E-state index contributed by atoms with van der Waals surface area (Å²) >= 11 is 4.91. The van der Waals surface area contributed by atoms with Crippen molar-refractivity contribution in [3.05, 3.63) is 88.3 Å². The van der Waals surface area contributed by atoms with Crippen LogP contribution in [-0.4, -0.2) is 15.9 Å². The number of amides is 1. The summed E-state index contributed by atoms with van der Waals surface area (Å²) in [5.41, 5.74) is 2.37. The fourth-order valence-electron chi connectivity index (χ4n) is 2.75. The van der Waals surface area contributed by atoms with E-state index in [-0.39, 0.29) is 12.3 Å². The fraction of sp³-hybridized carbons (Fsp3) is 0.0952. The Bertz CT molecular complexity index is 1050. The molecule has 4 aromatic rings. The van der Waals surface area contributed by atoms with E-state index in [1.54, 1.807) is 17.4 Å². The highest BCUT2D eigenvalue weighted by Gasteiger charge is 2.19. The first kappa shape index (κ1) is 18.6. The number of anilines is 1. The van der Waals surface area contributed by atoms with Gasteiger partial charge in [-0.05, 0) is 48.5 Å². The molecule has 1 amide bonds. The van der Waals surface area contributed by atoms with Gasteiger partial charge in [-0.25, -0.2) is 4.98 Å². The minimum absolute atomic E-state index is 0.0377. The zero-order valence-corrected chi connectivity index (χ0v) is 17.2. The zero-order valence-electron chi connectivity index (χ0n) is 14.8. The highest BCUT2D eigenvalue weighted by Crippen LogP contribution is 2.25. The molecule has 140 valence electrons. The van der Waals surface area contributed by atoms with E-state index in [4.69, 9.17) is 4.42 Å². The lowest BCUT2D eigenvalue weighted by molar-refractivity contribution is -0.118. The van der Waals surface area contributed by atoms with E-state index < -0.39 is 0 Å². The second-order valence-electron chi connectivity index (χ2n) is 6.08. The van der Waals surface area contributed by atoms with Gasteiger partial charge in [0.15, 0.2) is 10.8 Å². The van der Waals surface area contributed by atoms with Crippen LogP contribution in [0.3, 0.4) is 0 Å². The molecule has 28 heavy (non-hydrogen) atoms. The quantitative estimate of drug-likeness (QED) is 0.395. The van der Waals surface area contributed by atoms with Crippen LogP contribution in [0.5, 0.6) is 0 Å². The van der Waals surface area contributed by atoms with Crippen molar-refractivity contribution in [1.29, 1.82) is 0 Å². The van der Waals surface area contributed by atoms with Gasteiger partial charge in [0.25, 0.3) is 0 Å². The molecule has 3 heterocycles. The van der Waals surface area contributed by atoms with Gasteiger partial charge in [-0.3, -0.25) is 9.78 Å². The minimum atomic E-state index is -0.0377. The van der Waals surface area contributed by atoms with Crippen LogP contribution in [0, 0.1) is 0 Å². The average Bonchev–Trinajstić information content (AvgIpc) is 3.39. The molecule has 0 aliphatic carbocycles. The number of furan rings is 1. The van der Waals surface area contributed by atoms with Gasteiger partial charge < -0.3 is 9.32 Å². The van der Waals surface area contributed by atoms with Crippen molar-refractivity contribution in [2.45, 2.75) is 13.0 Å². The van der Waals surface area contributed by atoms with Crippen molar-refractivity contribution in [2.75, 3.05) is 4.90 Å². The van der Waals surface area contributed by atoms with Gasteiger partial charge in [0.2, 0.25) is 5.91 Å². The summed E-state index contributed by atoms with van der Waals surface area (Å²) < 4.78 is 6.35. The van der Waals surface area contributed by atoms with Crippen molar-refractivity contribution in [3.63, 3.8) is 0 Å². The minimum Gasteiger partial charge on any atom is -0.462 e. The third-order valence-corrected chi connectivity index (χ3v) is 5.54. The third kappa shape index (κ3) is 4.37. The predicted octanol–water partition coefficient (Wildman–Crippen LogP) is 5.34. The van der Waals surface area contributed by atoms with Crippen LogP contribution in [0.1, 0.15) is 11.4 Å². The molecule has 0 aliphatic rings. The van der Waals surface area contributed by atoms with Crippen molar-refractivity contribution >= 4 is 38.9 Å². The Balaban J connectivity index is 1.56. The first-order chi connectivity index (χ1) is 13.7. The van der Waals surface area contributed by atoms with E-state index in [1.807, 2.05) is 60.0 Å². The number of nitrogens with zero attached hydrogens (tertiary/aromatic N) is 3. The highest BCUT2D eigenvalue weighted by molar-refractivity contribution is 9.10. The van der Waals surface area contributed by atoms with E-state index in [0.29, 0.717) is 12.3 Å². The Hall–Kier alpha value is -2.77. The number of rotatable bonds is 6. The molecule has 1 aromatic carbocycles. The molecule has 0 radical (unpaired) electrons. The number of pyridine rings is 1. The summed E-state index contributed by atoms with van der Waals surface area (Å²) in [6.07, 6.45) is 3.55. The van der Waals surface area contributed by atoms with E-state index in [2.05, 4.69) is 25.9 Å². The van der Waals surface area contributed by atoms with E-state index in [0.717, 1.165) is 26.6 Å². The van der Waals surface area contributed by atoms with Crippen molar-refractivity contribution < 1.29 is 9.21 Å². The zero-order chi connectivity index (χ0) is 19.3. The maximum Gasteiger partial charge on any atom is 0.233 e. The number of carbonyl (C=O) groups excluding carboxylic acids is 1. The number of aromatic nitrogens is 2. The largest absolute Gasteiger partial charge is 0.462 e. The fourth-order valence-corrected chi connectivity index (χ4v) is 3.80. The van der Waals surface area contributed by atoms with Crippen molar-refractivity contribution in [3.8, 4) is 10.8 Å². The van der Waals surface area contributed by atoms with Crippen LogP contribution in [0.2, 0.25) is 0 Å². The Labute approximate surface area is 174 Å². The summed E-state index contributed by atoms with van der Waals surface area (Å²) in [6.45, 7) is 0.399. The van der Waals surface area contributed by atoms with Crippen LogP contribution in [-0.2, 0) is 17.8 Å². The Morgan fingerprint density at radius 2 is 1.93 bits per heavy atom. The number of hydrogen-bond acceptors (Lipinski definition) is 5. The lowest BCUT2D eigenvalue weighted by Gasteiger charge is -2.22. The van der Waals surface area contributed by atoms with Crippen LogP contribution < -0.4 is 4.90 Å². The van der Waals surface area contributed by atoms with Crippen molar-refractivity contribution in [2.24, 2.45) is 0 Å². The van der Waals surface area contributed by atoms with Gasteiger partial charge in [0, 0.05) is 21.7 Å². The molecule has 7 heteroatoms. The smallest absolute Gasteiger partial charge is 0.233 e. The molecule has 0 unspecified atom stereocenters.